The molecule has 5 heteroatoms. The number of benzene rings is 1. The Kier molecular flexibility index (Phi) is 5.72. The Morgan fingerprint density at radius 3 is 3.00 bits per heavy atom. The van der Waals surface area contributed by atoms with Gasteiger partial charge in [0.25, 0.3) is 0 Å². The minimum absolute atomic E-state index is 0.0282. The summed E-state index contributed by atoms with van der Waals surface area (Å²) in [5, 5.41) is 9.19. The van der Waals surface area contributed by atoms with Gasteiger partial charge in [0.05, 0.1) is 18.8 Å². The van der Waals surface area contributed by atoms with Crippen molar-refractivity contribution in [2.75, 3.05) is 26.2 Å². The predicted octanol–water partition coefficient (Wildman–Crippen LogP) is 2.10. The molecule has 0 saturated carbocycles. The quantitative estimate of drug-likeness (QED) is 0.833. The number of ketones is 1. The van der Waals surface area contributed by atoms with E-state index in [9.17, 15) is 9.90 Å². The van der Waals surface area contributed by atoms with E-state index in [4.69, 9.17) is 4.74 Å². The van der Waals surface area contributed by atoms with E-state index in [0.29, 0.717) is 19.5 Å². The average Bonchev–Trinajstić information content (AvgIpc) is 2.44. The first-order valence-electron chi connectivity index (χ1n) is 6.86. The molecule has 1 aliphatic rings. The minimum atomic E-state index is -0.139. The molecular formula is C15H20BrNO3. The molecule has 1 N–H and O–H groups in total. The topological polar surface area (TPSA) is 49.8 Å². The number of Topliss-reactive ketones (excluding diaryl/α,β-unsaturated/α-hetero) is 1. The van der Waals surface area contributed by atoms with Crippen LogP contribution in [0, 0.1) is 0 Å². The molecule has 4 nitrogen and oxygen atoms in total. The zero-order valence-corrected chi connectivity index (χ0v) is 13.2. The SMILES string of the molecule is CC1CN(CCC(=O)c2cccc(Br)c2)CC(CO)O1. The van der Waals surface area contributed by atoms with E-state index < -0.39 is 0 Å². The Bertz CT molecular complexity index is 466. The van der Waals surface area contributed by atoms with Crippen LogP contribution in [0.2, 0.25) is 0 Å². The van der Waals surface area contributed by atoms with E-state index in [1.54, 1.807) is 0 Å². The summed E-state index contributed by atoms with van der Waals surface area (Å²) in [5.74, 6) is 0.144. The first-order chi connectivity index (χ1) is 9.58. The smallest absolute Gasteiger partial charge is 0.164 e. The molecule has 0 aromatic heterocycles. The van der Waals surface area contributed by atoms with Gasteiger partial charge >= 0.3 is 0 Å². The molecule has 0 radical (unpaired) electrons. The van der Waals surface area contributed by atoms with Crippen molar-refractivity contribution < 1.29 is 14.6 Å². The zero-order chi connectivity index (χ0) is 14.5. The molecular weight excluding hydrogens is 322 g/mol. The van der Waals surface area contributed by atoms with Crippen LogP contribution in [0.25, 0.3) is 0 Å². The fourth-order valence-corrected chi connectivity index (χ4v) is 2.89. The van der Waals surface area contributed by atoms with Gasteiger partial charge in [-0.15, -0.1) is 0 Å². The van der Waals surface area contributed by atoms with Crippen LogP contribution in [0.5, 0.6) is 0 Å². The van der Waals surface area contributed by atoms with E-state index in [1.807, 2.05) is 31.2 Å². The number of morpholine rings is 1. The van der Waals surface area contributed by atoms with Crippen LogP contribution in [-0.2, 0) is 4.74 Å². The van der Waals surface area contributed by atoms with Gasteiger partial charge in [-0.2, -0.15) is 0 Å². The van der Waals surface area contributed by atoms with Crippen molar-refractivity contribution >= 4 is 21.7 Å². The lowest BCUT2D eigenvalue weighted by atomic mass is 10.1. The summed E-state index contributed by atoms with van der Waals surface area (Å²) in [4.78, 5) is 14.3. The summed E-state index contributed by atoms with van der Waals surface area (Å²) in [6, 6.07) is 7.47. The molecule has 2 atom stereocenters. The summed E-state index contributed by atoms with van der Waals surface area (Å²) in [6.07, 6.45) is 0.447. The Morgan fingerprint density at radius 2 is 2.30 bits per heavy atom. The van der Waals surface area contributed by atoms with Gasteiger partial charge in [0.1, 0.15) is 0 Å². The highest BCUT2D eigenvalue weighted by molar-refractivity contribution is 9.10. The number of nitrogens with zero attached hydrogens (tertiary/aromatic N) is 1. The van der Waals surface area contributed by atoms with Gasteiger partial charge in [0.2, 0.25) is 0 Å². The molecule has 1 aliphatic heterocycles. The highest BCUT2D eigenvalue weighted by Gasteiger charge is 2.24. The maximum absolute atomic E-state index is 12.1. The van der Waals surface area contributed by atoms with Crippen molar-refractivity contribution in [1.29, 1.82) is 0 Å². The van der Waals surface area contributed by atoms with Crippen LogP contribution >= 0.6 is 15.9 Å². The van der Waals surface area contributed by atoms with Gasteiger partial charge in [0, 0.05) is 36.1 Å². The molecule has 0 bridgehead atoms. The average molecular weight is 342 g/mol. The largest absolute Gasteiger partial charge is 0.394 e. The van der Waals surface area contributed by atoms with E-state index in [2.05, 4.69) is 20.8 Å². The standard InChI is InChI=1S/C15H20BrNO3/c1-11-8-17(9-14(10-18)20-11)6-5-15(19)12-3-2-4-13(16)7-12/h2-4,7,11,14,18H,5-6,8-10H2,1H3. The molecule has 0 amide bonds. The third-order valence-electron chi connectivity index (χ3n) is 3.41. The van der Waals surface area contributed by atoms with E-state index in [-0.39, 0.29) is 24.6 Å². The number of carbonyl (C=O) groups excluding carboxylic acids is 1. The van der Waals surface area contributed by atoms with Crippen molar-refractivity contribution in [1.82, 2.24) is 4.90 Å². The van der Waals surface area contributed by atoms with Crippen molar-refractivity contribution in [3.63, 3.8) is 0 Å². The number of halogens is 1. The molecule has 1 aromatic rings. The second-order valence-corrected chi connectivity index (χ2v) is 6.11. The van der Waals surface area contributed by atoms with Crippen molar-refractivity contribution in [3.05, 3.63) is 34.3 Å². The molecule has 110 valence electrons. The van der Waals surface area contributed by atoms with Crippen LogP contribution in [-0.4, -0.2) is 54.2 Å². The predicted molar refractivity (Wildman–Crippen MR) is 81.0 cm³/mol. The van der Waals surface area contributed by atoms with Gasteiger partial charge in [-0.3, -0.25) is 9.69 Å². The maximum Gasteiger partial charge on any atom is 0.164 e. The maximum atomic E-state index is 12.1. The fraction of sp³-hybridized carbons (Fsp3) is 0.533. The minimum Gasteiger partial charge on any atom is -0.394 e. The van der Waals surface area contributed by atoms with Crippen LogP contribution < -0.4 is 0 Å². The van der Waals surface area contributed by atoms with Crippen molar-refractivity contribution in [2.24, 2.45) is 0 Å². The lowest BCUT2D eigenvalue weighted by molar-refractivity contribution is -0.0947. The summed E-state index contributed by atoms with van der Waals surface area (Å²) in [7, 11) is 0. The molecule has 1 aromatic carbocycles. The lowest BCUT2D eigenvalue weighted by Crippen LogP contribution is -2.48. The molecule has 2 unspecified atom stereocenters. The number of rotatable bonds is 5. The number of carbonyl (C=O) groups is 1. The van der Waals surface area contributed by atoms with Crippen LogP contribution in [0.15, 0.2) is 28.7 Å². The van der Waals surface area contributed by atoms with Gasteiger partial charge < -0.3 is 9.84 Å². The van der Waals surface area contributed by atoms with Gasteiger partial charge in [-0.1, -0.05) is 28.1 Å². The van der Waals surface area contributed by atoms with E-state index in [0.717, 1.165) is 16.6 Å². The summed E-state index contributed by atoms with van der Waals surface area (Å²) in [5.41, 5.74) is 0.736. The van der Waals surface area contributed by atoms with Crippen molar-refractivity contribution in [3.8, 4) is 0 Å². The monoisotopic (exact) mass is 341 g/mol. The lowest BCUT2D eigenvalue weighted by Gasteiger charge is -2.35. The third-order valence-corrected chi connectivity index (χ3v) is 3.90. The number of ether oxygens (including phenoxy) is 1. The molecule has 2 rings (SSSR count). The van der Waals surface area contributed by atoms with Gasteiger partial charge in [-0.25, -0.2) is 0 Å². The Balaban J connectivity index is 1.87. The first kappa shape index (κ1) is 15.6. The number of hydrogen-bond donors (Lipinski definition) is 1. The molecule has 0 aliphatic carbocycles. The Labute approximate surface area is 127 Å². The first-order valence-corrected chi connectivity index (χ1v) is 7.65. The van der Waals surface area contributed by atoms with E-state index >= 15 is 0 Å². The normalized spacial score (nSPS) is 23.8. The Morgan fingerprint density at radius 1 is 1.50 bits per heavy atom. The molecule has 1 heterocycles. The summed E-state index contributed by atoms with van der Waals surface area (Å²) >= 11 is 3.38. The van der Waals surface area contributed by atoms with E-state index in [1.165, 1.54) is 0 Å². The summed E-state index contributed by atoms with van der Waals surface area (Å²) in [6.45, 7) is 4.22. The van der Waals surface area contributed by atoms with Crippen LogP contribution in [0.3, 0.4) is 0 Å². The van der Waals surface area contributed by atoms with Gasteiger partial charge in [-0.05, 0) is 19.1 Å². The third kappa shape index (κ3) is 4.38. The van der Waals surface area contributed by atoms with Gasteiger partial charge in [0.15, 0.2) is 5.78 Å². The summed E-state index contributed by atoms with van der Waals surface area (Å²) < 4.78 is 6.51. The molecule has 20 heavy (non-hydrogen) atoms. The highest BCUT2D eigenvalue weighted by atomic mass is 79.9. The van der Waals surface area contributed by atoms with Crippen molar-refractivity contribution in [2.45, 2.75) is 25.6 Å². The number of aliphatic hydroxyl groups excluding tert-OH is 1. The zero-order valence-electron chi connectivity index (χ0n) is 11.6. The second-order valence-electron chi connectivity index (χ2n) is 5.19. The fourth-order valence-electron chi connectivity index (χ4n) is 2.49. The number of hydrogen-bond acceptors (Lipinski definition) is 4. The molecule has 1 saturated heterocycles. The number of aliphatic hydroxyl groups is 1. The van der Waals surface area contributed by atoms with Crippen LogP contribution in [0.1, 0.15) is 23.7 Å². The van der Waals surface area contributed by atoms with Crippen LogP contribution in [0.4, 0.5) is 0 Å². The molecule has 1 fully saturated rings. The highest BCUT2D eigenvalue weighted by Crippen LogP contribution is 2.15. The second kappa shape index (κ2) is 7.31. The molecule has 0 spiro atoms. The Hall–Kier alpha value is -0.750.